The number of nitrogens with one attached hydrogen (secondary N) is 1. The number of aromatic amines is 1. The molecule has 0 bridgehead atoms. The molecule has 3 heterocycles. The van der Waals surface area contributed by atoms with Crippen molar-refractivity contribution in [1.82, 2.24) is 19.4 Å². The van der Waals surface area contributed by atoms with Crippen LogP contribution in [0.25, 0.3) is 16.7 Å². The maximum atomic E-state index is 12.2. The van der Waals surface area contributed by atoms with Gasteiger partial charge >= 0.3 is 0 Å². The molecule has 6 heteroatoms. The zero-order valence-electron chi connectivity index (χ0n) is 13.4. The van der Waals surface area contributed by atoms with Crippen LogP contribution in [0.15, 0.2) is 52.5 Å². The average Bonchev–Trinajstić information content (AvgIpc) is 2.96. The number of imidazole rings is 1. The molecule has 0 saturated heterocycles. The number of nitrogens with zero attached hydrogens (tertiary/aromatic N) is 3. The minimum atomic E-state index is -0.0560. The summed E-state index contributed by atoms with van der Waals surface area (Å²) >= 11 is 1.55. The number of aryl methyl sites for hydroxylation is 2. The number of fused-ring (bicyclic) bond motifs is 2. The Balaban J connectivity index is 1.64. The van der Waals surface area contributed by atoms with Gasteiger partial charge in [0.1, 0.15) is 5.65 Å². The summed E-state index contributed by atoms with van der Waals surface area (Å²) in [5, 5.41) is 0.836. The molecule has 1 N–H and O–H groups in total. The third-order valence-electron chi connectivity index (χ3n) is 3.91. The molecule has 0 unspecified atom stereocenters. The molecule has 0 aliphatic heterocycles. The van der Waals surface area contributed by atoms with Gasteiger partial charge in [-0.2, -0.15) is 0 Å². The van der Waals surface area contributed by atoms with E-state index < -0.39 is 0 Å². The molecule has 0 atom stereocenters. The Kier molecular flexibility index (Phi) is 3.61. The van der Waals surface area contributed by atoms with Gasteiger partial charge in [-0.3, -0.25) is 9.20 Å². The molecular formula is C18H16N4OS. The first-order chi connectivity index (χ1) is 11.6. The summed E-state index contributed by atoms with van der Waals surface area (Å²) in [5.41, 5.74) is 5.57. The van der Waals surface area contributed by atoms with E-state index in [-0.39, 0.29) is 5.56 Å². The van der Waals surface area contributed by atoms with Crippen LogP contribution in [0.4, 0.5) is 0 Å². The minimum absolute atomic E-state index is 0.0560. The van der Waals surface area contributed by atoms with Crippen LogP contribution in [0.2, 0.25) is 0 Å². The Morgan fingerprint density at radius 2 is 2.04 bits per heavy atom. The summed E-state index contributed by atoms with van der Waals surface area (Å²) in [5.74, 6) is 0.596. The van der Waals surface area contributed by atoms with E-state index >= 15 is 0 Å². The molecule has 0 fully saturated rings. The lowest BCUT2D eigenvalue weighted by Crippen LogP contribution is -2.15. The maximum Gasteiger partial charge on any atom is 0.258 e. The van der Waals surface area contributed by atoms with Gasteiger partial charge in [-0.25, -0.2) is 9.97 Å². The fraction of sp³-hybridized carbons (Fsp3) is 0.167. The number of pyridine rings is 1. The first kappa shape index (κ1) is 15.0. The Hall–Kier alpha value is -2.60. The number of thioether (sulfide) groups is 1. The van der Waals surface area contributed by atoms with Crippen molar-refractivity contribution in [2.45, 2.75) is 24.8 Å². The minimum Gasteiger partial charge on any atom is -0.333 e. The van der Waals surface area contributed by atoms with Gasteiger partial charge in [0.05, 0.1) is 16.7 Å². The van der Waals surface area contributed by atoms with Gasteiger partial charge in [0.2, 0.25) is 0 Å². The molecule has 4 rings (SSSR count). The highest BCUT2D eigenvalue weighted by atomic mass is 32.2. The molecule has 0 spiro atoms. The lowest BCUT2D eigenvalue weighted by molar-refractivity contribution is 0.997. The molecule has 1 aromatic carbocycles. The highest BCUT2D eigenvalue weighted by Gasteiger charge is 2.08. The first-order valence-corrected chi connectivity index (χ1v) is 8.66. The molecule has 0 saturated carbocycles. The lowest BCUT2D eigenvalue weighted by atomic mass is 10.2. The van der Waals surface area contributed by atoms with Gasteiger partial charge in [0, 0.05) is 18.0 Å². The van der Waals surface area contributed by atoms with E-state index in [1.807, 2.05) is 31.2 Å². The van der Waals surface area contributed by atoms with E-state index in [4.69, 9.17) is 0 Å². The number of benzene rings is 1. The number of aromatic nitrogens is 4. The maximum absolute atomic E-state index is 12.2. The molecule has 0 radical (unpaired) electrons. The zero-order chi connectivity index (χ0) is 16.7. The molecule has 120 valence electrons. The van der Waals surface area contributed by atoms with Crippen LogP contribution in [0.1, 0.15) is 16.8 Å². The van der Waals surface area contributed by atoms with Crippen LogP contribution in [-0.2, 0) is 5.75 Å². The molecule has 4 aromatic rings. The summed E-state index contributed by atoms with van der Waals surface area (Å²) in [6.07, 6.45) is 1.75. The average molecular weight is 336 g/mol. The highest BCUT2D eigenvalue weighted by Crippen LogP contribution is 2.23. The Morgan fingerprint density at radius 1 is 1.17 bits per heavy atom. The van der Waals surface area contributed by atoms with Crippen LogP contribution in [-0.4, -0.2) is 19.4 Å². The van der Waals surface area contributed by atoms with Crippen LogP contribution >= 0.6 is 11.8 Å². The summed E-state index contributed by atoms with van der Waals surface area (Å²) in [6.45, 7) is 4.02. The van der Waals surface area contributed by atoms with Crippen molar-refractivity contribution >= 4 is 28.4 Å². The summed E-state index contributed by atoms with van der Waals surface area (Å²) in [4.78, 5) is 24.7. The van der Waals surface area contributed by atoms with E-state index in [0.29, 0.717) is 11.4 Å². The van der Waals surface area contributed by atoms with Gasteiger partial charge in [0.25, 0.3) is 5.56 Å². The second kappa shape index (κ2) is 5.79. The molecule has 0 amide bonds. The van der Waals surface area contributed by atoms with Crippen molar-refractivity contribution in [1.29, 1.82) is 0 Å². The number of hydrogen-bond acceptors (Lipinski definition) is 4. The first-order valence-electron chi connectivity index (χ1n) is 7.67. The van der Waals surface area contributed by atoms with Crippen LogP contribution < -0.4 is 5.56 Å². The number of rotatable bonds is 3. The molecule has 5 nitrogen and oxygen atoms in total. The predicted octanol–water partition coefficient (Wildman–Crippen LogP) is 3.48. The van der Waals surface area contributed by atoms with Gasteiger partial charge in [-0.05, 0) is 43.2 Å². The van der Waals surface area contributed by atoms with Gasteiger partial charge in [-0.15, -0.1) is 0 Å². The summed E-state index contributed by atoms with van der Waals surface area (Å²) in [6, 6.07) is 11.5. The standard InChI is InChI=1S/C18H16N4OS/c1-11-5-6-14-15(8-11)21-18(20-14)24-10-13-9-16(23)22-7-3-4-12(2)17(22)19-13/h3-9H,10H2,1-2H3,(H,20,21). The van der Waals surface area contributed by atoms with Gasteiger partial charge in [-0.1, -0.05) is 23.9 Å². The van der Waals surface area contributed by atoms with E-state index in [1.54, 1.807) is 28.4 Å². The summed E-state index contributed by atoms with van der Waals surface area (Å²) < 4.78 is 1.58. The molecule has 0 aliphatic carbocycles. The summed E-state index contributed by atoms with van der Waals surface area (Å²) in [7, 11) is 0. The van der Waals surface area contributed by atoms with E-state index in [2.05, 4.69) is 27.9 Å². The molecule has 24 heavy (non-hydrogen) atoms. The van der Waals surface area contributed by atoms with Crippen molar-refractivity contribution in [3.8, 4) is 0 Å². The normalized spacial score (nSPS) is 11.4. The van der Waals surface area contributed by atoms with E-state index in [1.165, 1.54) is 5.56 Å². The SMILES string of the molecule is Cc1ccc2nc(SCc3cc(=O)n4cccc(C)c4n3)[nH]c2c1. The second-order valence-electron chi connectivity index (χ2n) is 5.82. The van der Waals surface area contributed by atoms with Crippen molar-refractivity contribution in [3.63, 3.8) is 0 Å². The monoisotopic (exact) mass is 336 g/mol. The van der Waals surface area contributed by atoms with Crippen LogP contribution in [0, 0.1) is 13.8 Å². The van der Waals surface area contributed by atoms with Gasteiger partial charge in [0.15, 0.2) is 5.16 Å². The lowest BCUT2D eigenvalue weighted by Gasteiger charge is -2.05. The predicted molar refractivity (Wildman–Crippen MR) is 96.6 cm³/mol. The molecular weight excluding hydrogens is 320 g/mol. The van der Waals surface area contributed by atoms with E-state index in [0.717, 1.165) is 27.4 Å². The fourth-order valence-electron chi connectivity index (χ4n) is 2.69. The van der Waals surface area contributed by atoms with Crippen LogP contribution in [0.5, 0.6) is 0 Å². The molecule has 3 aromatic heterocycles. The fourth-order valence-corrected chi connectivity index (χ4v) is 3.47. The van der Waals surface area contributed by atoms with Crippen molar-refractivity contribution in [2.75, 3.05) is 0 Å². The topological polar surface area (TPSA) is 63.1 Å². The van der Waals surface area contributed by atoms with Crippen molar-refractivity contribution in [3.05, 3.63) is 69.8 Å². The Morgan fingerprint density at radius 3 is 2.92 bits per heavy atom. The third-order valence-corrected chi connectivity index (χ3v) is 4.82. The second-order valence-corrected chi connectivity index (χ2v) is 6.79. The zero-order valence-corrected chi connectivity index (χ0v) is 14.2. The number of H-pyrrole nitrogens is 1. The van der Waals surface area contributed by atoms with Crippen molar-refractivity contribution < 1.29 is 0 Å². The van der Waals surface area contributed by atoms with Crippen molar-refractivity contribution in [2.24, 2.45) is 0 Å². The number of hydrogen-bond donors (Lipinski definition) is 1. The van der Waals surface area contributed by atoms with E-state index in [9.17, 15) is 4.79 Å². The quantitative estimate of drug-likeness (QED) is 0.582. The highest BCUT2D eigenvalue weighted by molar-refractivity contribution is 7.98. The third kappa shape index (κ3) is 2.69. The van der Waals surface area contributed by atoms with Crippen LogP contribution in [0.3, 0.4) is 0 Å². The Labute approximate surface area is 142 Å². The van der Waals surface area contributed by atoms with Gasteiger partial charge < -0.3 is 4.98 Å². The molecule has 0 aliphatic rings. The largest absolute Gasteiger partial charge is 0.333 e. The Bertz CT molecular complexity index is 1110. The smallest absolute Gasteiger partial charge is 0.258 e.